The van der Waals surface area contributed by atoms with Crippen LogP contribution in [0.3, 0.4) is 0 Å². The van der Waals surface area contributed by atoms with Crippen molar-refractivity contribution >= 4 is 23.8 Å². The maximum atomic E-state index is 14.1. The number of carbonyl (C=O) groups is 2. The van der Waals surface area contributed by atoms with Gasteiger partial charge in [0.1, 0.15) is 12.4 Å². The molecule has 1 aromatic heterocycles. The molecular formula is C24H29FN6O3. The maximum Gasteiger partial charge on any atom is 0.415 e. The van der Waals surface area contributed by atoms with Crippen molar-refractivity contribution in [1.29, 1.82) is 0 Å². The number of hydrogen-bond donors (Lipinski definition) is 1. The van der Waals surface area contributed by atoms with Crippen LogP contribution in [0.1, 0.15) is 24.5 Å². The number of carbonyl (C=O) groups excluding carboxylic acids is 2. The van der Waals surface area contributed by atoms with Crippen LogP contribution in [0.2, 0.25) is 0 Å². The van der Waals surface area contributed by atoms with Crippen LogP contribution in [-0.4, -0.2) is 70.6 Å². The lowest BCUT2D eigenvalue weighted by Crippen LogP contribution is -2.47. The molecule has 1 unspecified atom stereocenters. The Morgan fingerprint density at radius 2 is 1.91 bits per heavy atom. The number of cyclic esters (lactones) is 1. The molecule has 34 heavy (non-hydrogen) atoms. The van der Waals surface area contributed by atoms with Gasteiger partial charge >= 0.3 is 6.09 Å². The molecule has 0 radical (unpaired) electrons. The minimum absolute atomic E-state index is 0.0172. The number of amides is 2. The molecule has 0 bridgehead atoms. The van der Waals surface area contributed by atoms with Gasteiger partial charge < -0.3 is 15.0 Å². The predicted molar refractivity (Wildman–Crippen MR) is 126 cm³/mol. The van der Waals surface area contributed by atoms with E-state index >= 15 is 0 Å². The number of anilines is 2. The van der Waals surface area contributed by atoms with E-state index in [2.05, 4.69) is 38.9 Å². The first-order chi connectivity index (χ1) is 16.5. The van der Waals surface area contributed by atoms with Gasteiger partial charge in [-0.3, -0.25) is 14.6 Å². The lowest BCUT2D eigenvalue weighted by Gasteiger charge is -2.34. The van der Waals surface area contributed by atoms with E-state index in [1.165, 1.54) is 16.5 Å². The molecule has 2 aromatic rings. The summed E-state index contributed by atoms with van der Waals surface area (Å²) in [5.41, 5.74) is 2.17. The van der Waals surface area contributed by atoms with Gasteiger partial charge in [0.2, 0.25) is 17.8 Å². The second-order valence-corrected chi connectivity index (χ2v) is 8.36. The lowest BCUT2D eigenvalue weighted by molar-refractivity contribution is -0.127. The molecule has 1 N–H and O–H groups in total. The van der Waals surface area contributed by atoms with E-state index in [9.17, 15) is 14.0 Å². The van der Waals surface area contributed by atoms with Crippen LogP contribution < -0.4 is 10.2 Å². The number of rotatable bonds is 8. The number of halogens is 1. The smallest absolute Gasteiger partial charge is 0.415 e. The number of nitrogens with one attached hydrogen (secondary N) is 1. The molecule has 1 aromatic carbocycles. The van der Waals surface area contributed by atoms with Crippen LogP contribution in [0, 0.1) is 5.95 Å². The zero-order valence-electron chi connectivity index (χ0n) is 19.2. The van der Waals surface area contributed by atoms with Crippen molar-refractivity contribution in [3.63, 3.8) is 0 Å². The Morgan fingerprint density at radius 1 is 1.21 bits per heavy atom. The second-order valence-electron chi connectivity index (χ2n) is 8.36. The van der Waals surface area contributed by atoms with Gasteiger partial charge in [0.25, 0.3) is 0 Å². The first kappa shape index (κ1) is 23.6. The van der Waals surface area contributed by atoms with E-state index in [4.69, 9.17) is 4.74 Å². The fourth-order valence-corrected chi connectivity index (χ4v) is 4.11. The van der Waals surface area contributed by atoms with Gasteiger partial charge in [-0.15, -0.1) is 0 Å². The summed E-state index contributed by atoms with van der Waals surface area (Å²) in [5.74, 6) is -0.432. The molecule has 9 nitrogen and oxygen atoms in total. The third-order valence-corrected chi connectivity index (χ3v) is 6.10. The minimum atomic E-state index is -0.715. The summed E-state index contributed by atoms with van der Waals surface area (Å²) in [4.78, 5) is 37.4. The summed E-state index contributed by atoms with van der Waals surface area (Å²) in [6, 6.07) is 9.09. The van der Waals surface area contributed by atoms with E-state index in [1.807, 2.05) is 24.0 Å². The lowest BCUT2D eigenvalue weighted by atomic mass is 10.1. The van der Waals surface area contributed by atoms with Crippen molar-refractivity contribution in [2.45, 2.75) is 32.5 Å². The number of aromatic nitrogens is 2. The number of hydrogen-bond acceptors (Lipinski definition) is 7. The van der Waals surface area contributed by atoms with Gasteiger partial charge in [-0.05, 0) is 23.6 Å². The molecule has 4 rings (SSSR count). The van der Waals surface area contributed by atoms with Gasteiger partial charge in [0.05, 0.1) is 6.04 Å². The normalized spacial score (nSPS) is 18.6. The largest absolute Gasteiger partial charge is 0.447 e. The first-order valence-electron chi connectivity index (χ1n) is 11.4. The average Bonchev–Trinajstić information content (AvgIpc) is 3.23. The van der Waals surface area contributed by atoms with E-state index in [0.29, 0.717) is 26.1 Å². The maximum absolute atomic E-state index is 14.1. The molecule has 2 fully saturated rings. The van der Waals surface area contributed by atoms with Gasteiger partial charge in [-0.1, -0.05) is 37.8 Å². The predicted octanol–water partition coefficient (Wildman–Crippen LogP) is 2.79. The van der Waals surface area contributed by atoms with Gasteiger partial charge in [0.15, 0.2) is 0 Å². The molecule has 10 heteroatoms. The fraction of sp³-hybridized carbons (Fsp3) is 0.417. The van der Waals surface area contributed by atoms with Crippen LogP contribution in [0.4, 0.5) is 21.0 Å². The molecule has 2 aliphatic rings. The molecule has 3 heterocycles. The number of benzene rings is 1. The van der Waals surface area contributed by atoms with Crippen LogP contribution in [0.5, 0.6) is 0 Å². The van der Waals surface area contributed by atoms with Crippen molar-refractivity contribution in [2.75, 3.05) is 43.0 Å². The standard InChI is InChI=1S/C24H29FN6O3/c1-3-19-16-34-24(33)31(19)21-13-20(25)27-23(28-21)26-14-17-5-7-18(8-6-17)15-29-9-11-30(12-10-29)22(32)4-2/h4-8,13,19H,2-3,9-12,14-16H2,1H3,(H,26,27,28). The van der Waals surface area contributed by atoms with Gasteiger partial charge in [-0.25, -0.2) is 4.79 Å². The van der Waals surface area contributed by atoms with Crippen molar-refractivity contribution in [2.24, 2.45) is 0 Å². The number of ether oxygens (including phenoxy) is 1. The van der Waals surface area contributed by atoms with Crippen LogP contribution in [-0.2, 0) is 22.6 Å². The van der Waals surface area contributed by atoms with Gasteiger partial charge in [-0.2, -0.15) is 14.4 Å². The van der Waals surface area contributed by atoms with Crippen LogP contribution in [0.25, 0.3) is 0 Å². The Balaban J connectivity index is 1.32. The Bertz CT molecular complexity index is 1040. The third-order valence-electron chi connectivity index (χ3n) is 6.10. The molecular weight excluding hydrogens is 439 g/mol. The van der Waals surface area contributed by atoms with Crippen molar-refractivity contribution < 1.29 is 18.7 Å². The minimum Gasteiger partial charge on any atom is -0.447 e. The second kappa shape index (κ2) is 10.6. The number of piperazine rings is 1. The summed E-state index contributed by atoms with van der Waals surface area (Å²) in [5, 5.41) is 3.04. The molecule has 180 valence electrons. The molecule has 2 amide bonds. The van der Waals surface area contributed by atoms with Crippen molar-refractivity contribution in [1.82, 2.24) is 19.8 Å². The Morgan fingerprint density at radius 3 is 2.59 bits per heavy atom. The molecule has 0 spiro atoms. The zero-order valence-corrected chi connectivity index (χ0v) is 19.2. The summed E-state index contributed by atoms with van der Waals surface area (Å²) in [6.45, 7) is 10.0. The Hall–Kier alpha value is -3.53. The summed E-state index contributed by atoms with van der Waals surface area (Å²) in [6.07, 6.45) is 1.51. The topological polar surface area (TPSA) is 90.9 Å². The van der Waals surface area contributed by atoms with E-state index in [-0.39, 0.29) is 30.3 Å². The fourth-order valence-electron chi connectivity index (χ4n) is 4.11. The van der Waals surface area contributed by atoms with Gasteiger partial charge in [0, 0.05) is 45.3 Å². The van der Waals surface area contributed by atoms with Crippen molar-refractivity contribution in [3.05, 3.63) is 60.1 Å². The molecule has 2 aliphatic heterocycles. The highest BCUT2D eigenvalue weighted by Gasteiger charge is 2.34. The van der Waals surface area contributed by atoms with E-state index in [0.717, 1.165) is 31.3 Å². The molecule has 0 saturated carbocycles. The molecule has 2 saturated heterocycles. The highest BCUT2D eigenvalue weighted by atomic mass is 19.1. The summed E-state index contributed by atoms with van der Waals surface area (Å²) in [7, 11) is 0. The quantitative estimate of drug-likeness (QED) is 0.471. The monoisotopic (exact) mass is 468 g/mol. The summed E-state index contributed by atoms with van der Waals surface area (Å²) < 4.78 is 19.2. The van der Waals surface area contributed by atoms with Crippen LogP contribution in [0.15, 0.2) is 43.0 Å². The highest BCUT2D eigenvalue weighted by Crippen LogP contribution is 2.24. The number of nitrogens with zero attached hydrogens (tertiary/aromatic N) is 5. The Labute approximate surface area is 198 Å². The zero-order chi connectivity index (χ0) is 24.1. The van der Waals surface area contributed by atoms with E-state index in [1.54, 1.807) is 0 Å². The van der Waals surface area contributed by atoms with Crippen molar-refractivity contribution in [3.8, 4) is 0 Å². The highest BCUT2D eigenvalue weighted by molar-refractivity contribution is 5.89. The van der Waals surface area contributed by atoms with Crippen LogP contribution >= 0.6 is 0 Å². The Kier molecular flexibility index (Phi) is 7.36. The average molecular weight is 469 g/mol. The molecule has 1 atom stereocenters. The molecule has 0 aliphatic carbocycles. The third kappa shape index (κ3) is 5.51. The van der Waals surface area contributed by atoms with E-state index < -0.39 is 12.0 Å². The SMILES string of the molecule is C=CC(=O)N1CCN(Cc2ccc(CNc3nc(F)cc(N4C(=O)OCC4CC)n3)cc2)CC1. The summed E-state index contributed by atoms with van der Waals surface area (Å²) >= 11 is 0. The first-order valence-corrected chi connectivity index (χ1v) is 11.4.